The Kier molecular flexibility index (Phi) is 4.37. The molecule has 6 heteroatoms. The maximum atomic E-state index is 12.4. The predicted molar refractivity (Wildman–Crippen MR) is 94.7 cm³/mol. The molecule has 2 heterocycles. The first-order valence-electron chi connectivity index (χ1n) is 9.24. The van der Waals surface area contributed by atoms with Crippen LogP contribution in [0.5, 0.6) is 0 Å². The van der Waals surface area contributed by atoms with E-state index in [9.17, 15) is 9.59 Å². The van der Waals surface area contributed by atoms with Crippen LogP contribution in [0.2, 0.25) is 0 Å². The van der Waals surface area contributed by atoms with Gasteiger partial charge in [0.25, 0.3) is 0 Å². The molecule has 1 aromatic rings. The third kappa shape index (κ3) is 3.23. The van der Waals surface area contributed by atoms with Gasteiger partial charge in [-0.05, 0) is 42.2 Å². The van der Waals surface area contributed by atoms with Gasteiger partial charge in [-0.3, -0.25) is 4.79 Å². The number of amides is 3. The van der Waals surface area contributed by atoms with Gasteiger partial charge in [-0.25, -0.2) is 4.79 Å². The van der Waals surface area contributed by atoms with Gasteiger partial charge in [-0.15, -0.1) is 0 Å². The van der Waals surface area contributed by atoms with Gasteiger partial charge >= 0.3 is 6.03 Å². The van der Waals surface area contributed by atoms with Gasteiger partial charge in [0.2, 0.25) is 5.91 Å². The molecule has 6 nitrogen and oxygen atoms in total. The van der Waals surface area contributed by atoms with Crippen LogP contribution < -0.4 is 11.1 Å². The summed E-state index contributed by atoms with van der Waals surface area (Å²) in [6.07, 6.45) is 3.06. The second-order valence-electron chi connectivity index (χ2n) is 7.56. The summed E-state index contributed by atoms with van der Waals surface area (Å²) in [6.45, 7) is 2.92. The Balaban J connectivity index is 1.27. The fourth-order valence-corrected chi connectivity index (χ4v) is 4.56. The highest BCUT2D eigenvalue weighted by Gasteiger charge is 2.42. The van der Waals surface area contributed by atoms with E-state index in [1.54, 1.807) is 4.90 Å². The highest BCUT2D eigenvalue weighted by atomic mass is 16.2. The Labute approximate surface area is 148 Å². The van der Waals surface area contributed by atoms with Crippen molar-refractivity contribution in [3.8, 4) is 0 Å². The van der Waals surface area contributed by atoms with E-state index in [0.717, 1.165) is 32.4 Å². The molecule has 3 amide bonds. The number of likely N-dealkylation sites (tertiary alicyclic amines) is 1. The number of carbonyl (C=O) groups excluding carboxylic acids is 2. The van der Waals surface area contributed by atoms with Gasteiger partial charge in [-0.2, -0.15) is 0 Å². The minimum Gasteiger partial charge on any atom is -0.341 e. The normalized spacial score (nSPS) is 27.8. The Hall–Kier alpha value is -2.08. The fraction of sp³-hybridized carbons (Fsp3) is 0.579. The van der Waals surface area contributed by atoms with E-state index < -0.39 is 0 Å². The summed E-state index contributed by atoms with van der Waals surface area (Å²) in [4.78, 5) is 28.5. The molecule has 0 spiro atoms. The van der Waals surface area contributed by atoms with Crippen LogP contribution in [0.15, 0.2) is 24.3 Å². The molecule has 3 unspecified atom stereocenters. The molecule has 2 fully saturated rings. The van der Waals surface area contributed by atoms with Gasteiger partial charge < -0.3 is 20.9 Å². The number of hydrogen-bond donors (Lipinski definition) is 2. The van der Waals surface area contributed by atoms with Crippen molar-refractivity contribution in [3.05, 3.63) is 35.4 Å². The average Bonchev–Trinajstić information content (AvgIpc) is 3.21. The van der Waals surface area contributed by atoms with E-state index in [1.165, 1.54) is 11.1 Å². The molecule has 3 N–H and O–H groups in total. The van der Waals surface area contributed by atoms with Crippen molar-refractivity contribution in [3.63, 3.8) is 0 Å². The lowest BCUT2D eigenvalue weighted by Crippen LogP contribution is -2.47. The number of hydrogen-bond acceptors (Lipinski definition) is 3. The second kappa shape index (κ2) is 6.67. The van der Waals surface area contributed by atoms with Crippen LogP contribution in [0, 0.1) is 11.8 Å². The monoisotopic (exact) mass is 342 g/mol. The molecule has 1 saturated carbocycles. The summed E-state index contributed by atoms with van der Waals surface area (Å²) in [7, 11) is 0. The zero-order valence-electron chi connectivity index (χ0n) is 14.5. The van der Waals surface area contributed by atoms with E-state index in [-0.39, 0.29) is 24.5 Å². The van der Waals surface area contributed by atoms with Gasteiger partial charge in [-0.1, -0.05) is 24.3 Å². The molecule has 3 atom stereocenters. The molecule has 4 rings (SSSR count). The molecule has 1 saturated heterocycles. The van der Waals surface area contributed by atoms with Gasteiger partial charge in [0.15, 0.2) is 0 Å². The van der Waals surface area contributed by atoms with Crippen molar-refractivity contribution in [2.24, 2.45) is 17.6 Å². The number of carbonyl (C=O) groups is 2. The van der Waals surface area contributed by atoms with Crippen LogP contribution in [0.3, 0.4) is 0 Å². The first-order chi connectivity index (χ1) is 12.1. The quantitative estimate of drug-likeness (QED) is 0.840. The standard InChI is InChI=1S/C19H26N4O2/c20-17-6-5-15-11-23(12-16(15)17)18(24)9-21-19(25)22-8-7-13-3-1-2-4-14(13)10-22/h1-4,15-17H,5-12,20H2,(H,21,25). The highest BCUT2D eigenvalue weighted by Crippen LogP contribution is 2.36. The summed E-state index contributed by atoms with van der Waals surface area (Å²) in [6, 6.07) is 8.28. The van der Waals surface area contributed by atoms with Crippen molar-refractivity contribution in [2.75, 3.05) is 26.2 Å². The first kappa shape index (κ1) is 16.4. The van der Waals surface area contributed by atoms with Crippen molar-refractivity contribution >= 4 is 11.9 Å². The van der Waals surface area contributed by atoms with Crippen molar-refractivity contribution < 1.29 is 9.59 Å². The molecule has 25 heavy (non-hydrogen) atoms. The zero-order valence-corrected chi connectivity index (χ0v) is 14.5. The lowest BCUT2D eigenvalue weighted by Gasteiger charge is -2.29. The smallest absolute Gasteiger partial charge is 0.318 e. The Morgan fingerprint density at radius 1 is 1.12 bits per heavy atom. The van der Waals surface area contributed by atoms with E-state index >= 15 is 0 Å². The molecular formula is C19H26N4O2. The molecule has 3 aliphatic rings. The first-order valence-corrected chi connectivity index (χ1v) is 9.24. The Morgan fingerprint density at radius 2 is 1.92 bits per heavy atom. The van der Waals surface area contributed by atoms with Crippen LogP contribution in [0.4, 0.5) is 4.79 Å². The number of fused-ring (bicyclic) bond motifs is 2. The maximum Gasteiger partial charge on any atom is 0.318 e. The van der Waals surface area contributed by atoms with Crippen LogP contribution in [-0.4, -0.2) is 54.0 Å². The van der Waals surface area contributed by atoms with E-state index in [0.29, 0.717) is 24.9 Å². The average molecular weight is 342 g/mol. The van der Waals surface area contributed by atoms with Crippen LogP contribution in [0.25, 0.3) is 0 Å². The highest BCUT2D eigenvalue weighted by molar-refractivity contribution is 5.84. The molecule has 1 aliphatic carbocycles. The van der Waals surface area contributed by atoms with Gasteiger partial charge in [0.1, 0.15) is 0 Å². The molecular weight excluding hydrogens is 316 g/mol. The topological polar surface area (TPSA) is 78.7 Å². The minimum absolute atomic E-state index is 0.00681. The summed E-state index contributed by atoms with van der Waals surface area (Å²) >= 11 is 0. The Bertz CT molecular complexity index is 677. The predicted octanol–water partition coefficient (Wildman–Crippen LogP) is 0.950. The number of rotatable bonds is 2. The second-order valence-corrected chi connectivity index (χ2v) is 7.56. The molecule has 2 aliphatic heterocycles. The SMILES string of the molecule is NC1CCC2CN(C(=O)CNC(=O)N3CCc4ccccc4C3)CC12. The fourth-order valence-electron chi connectivity index (χ4n) is 4.56. The van der Waals surface area contributed by atoms with Gasteiger partial charge in [0.05, 0.1) is 6.54 Å². The lowest BCUT2D eigenvalue weighted by atomic mass is 9.98. The Morgan fingerprint density at radius 3 is 2.72 bits per heavy atom. The lowest BCUT2D eigenvalue weighted by molar-refractivity contribution is -0.129. The van der Waals surface area contributed by atoms with Crippen LogP contribution in [0.1, 0.15) is 24.0 Å². The number of nitrogens with zero attached hydrogens (tertiary/aromatic N) is 2. The van der Waals surface area contributed by atoms with Crippen molar-refractivity contribution in [1.82, 2.24) is 15.1 Å². The largest absolute Gasteiger partial charge is 0.341 e. The van der Waals surface area contributed by atoms with E-state index in [4.69, 9.17) is 5.73 Å². The van der Waals surface area contributed by atoms with E-state index in [2.05, 4.69) is 17.4 Å². The maximum absolute atomic E-state index is 12.4. The third-order valence-electron chi connectivity index (χ3n) is 6.07. The summed E-state index contributed by atoms with van der Waals surface area (Å²) < 4.78 is 0. The van der Waals surface area contributed by atoms with E-state index in [1.807, 2.05) is 17.0 Å². The number of nitrogens with two attached hydrogens (primary N) is 1. The van der Waals surface area contributed by atoms with Crippen molar-refractivity contribution in [2.45, 2.75) is 31.8 Å². The van der Waals surface area contributed by atoms with Gasteiger partial charge in [0, 0.05) is 32.2 Å². The number of urea groups is 1. The molecule has 0 bridgehead atoms. The molecule has 0 radical (unpaired) electrons. The molecule has 0 aromatic heterocycles. The van der Waals surface area contributed by atoms with Crippen LogP contribution >= 0.6 is 0 Å². The minimum atomic E-state index is -0.154. The molecule has 134 valence electrons. The molecule has 1 aromatic carbocycles. The number of benzene rings is 1. The third-order valence-corrected chi connectivity index (χ3v) is 6.07. The summed E-state index contributed by atoms with van der Waals surface area (Å²) in [5.74, 6) is 0.999. The number of nitrogens with one attached hydrogen (secondary N) is 1. The van der Waals surface area contributed by atoms with Crippen LogP contribution in [-0.2, 0) is 17.8 Å². The summed E-state index contributed by atoms with van der Waals surface area (Å²) in [5.41, 5.74) is 8.63. The summed E-state index contributed by atoms with van der Waals surface area (Å²) in [5, 5.41) is 2.80. The van der Waals surface area contributed by atoms with Crippen molar-refractivity contribution in [1.29, 1.82) is 0 Å². The zero-order chi connectivity index (χ0) is 17.4.